The highest BCUT2D eigenvalue weighted by molar-refractivity contribution is 5.44. The summed E-state index contributed by atoms with van der Waals surface area (Å²) in [5, 5.41) is 22.6. The molecule has 0 aromatic rings. The van der Waals surface area contributed by atoms with Crippen molar-refractivity contribution in [2.24, 2.45) is 50.7 Å². The van der Waals surface area contributed by atoms with Crippen LogP contribution in [0.3, 0.4) is 0 Å². The molecule has 180 valence electrons. The molecule has 5 aliphatic carbocycles. The van der Waals surface area contributed by atoms with E-state index in [0.717, 1.165) is 19.3 Å². The third-order valence-corrected chi connectivity index (χ3v) is 12.5. The first-order valence-electron chi connectivity index (χ1n) is 13.5. The highest BCUT2D eigenvalue weighted by atomic mass is 16.3. The minimum atomic E-state index is -0.338. The van der Waals surface area contributed by atoms with Crippen molar-refractivity contribution in [2.75, 3.05) is 0 Å². The third kappa shape index (κ3) is 2.55. The maximum absolute atomic E-state index is 11.8. The Morgan fingerprint density at radius 3 is 2.22 bits per heavy atom. The quantitative estimate of drug-likeness (QED) is 0.465. The molecule has 3 fully saturated rings. The monoisotopic (exact) mass is 440 g/mol. The van der Waals surface area contributed by atoms with Gasteiger partial charge in [0, 0.05) is 0 Å². The number of fused-ring (bicyclic) bond motifs is 7. The van der Waals surface area contributed by atoms with Gasteiger partial charge in [-0.15, -0.1) is 0 Å². The second-order valence-electron chi connectivity index (χ2n) is 14.4. The molecule has 0 aliphatic heterocycles. The molecule has 0 spiro atoms. The summed E-state index contributed by atoms with van der Waals surface area (Å²) in [7, 11) is 0. The van der Waals surface area contributed by atoms with Gasteiger partial charge < -0.3 is 10.2 Å². The van der Waals surface area contributed by atoms with Crippen LogP contribution in [0.15, 0.2) is 23.3 Å². The summed E-state index contributed by atoms with van der Waals surface area (Å²) in [6.07, 6.45) is 12.4. The molecule has 32 heavy (non-hydrogen) atoms. The summed E-state index contributed by atoms with van der Waals surface area (Å²) in [5.74, 6) is 2.07. The number of aliphatic hydroxyl groups excluding tert-OH is 2. The smallest absolute Gasteiger partial charge is 0.0595 e. The van der Waals surface area contributed by atoms with Gasteiger partial charge in [-0.2, -0.15) is 0 Å². The SMILES string of the molecule is CC(C)C1=C2C=C[C@]3(C)[C@@H](CC[C@@H]4[C@@]5(C)CC[C@H](O)C(C)(C)[C@@H]5[C@@H](O)C[C@]43C)[C@@]2(C)CC1. The second-order valence-corrected chi connectivity index (χ2v) is 14.4. The van der Waals surface area contributed by atoms with Gasteiger partial charge in [0.15, 0.2) is 0 Å². The lowest BCUT2D eigenvalue weighted by molar-refractivity contribution is -0.256. The molecule has 2 heteroatoms. The first-order valence-corrected chi connectivity index (χ1v) is 13.5. The van der Waals surface area contributed by atoms with Gasteiger partial charge in [0.1, 0.15) is 0 Å². The van der Waals surface area contributed by atoms with Crippen LogP contribution >= 0.6 is 0 Å². The minimum Gasteiger partial charge on any atom is -0.393 e. The van der Waals surface area contributed by atoms with E-state index in [0.29, 0.717) is 17.8 Å². The fourth-order valence-corrected chi connectivity index (χ4v) is 10.9. The normalized spacial score (nSPS) is 54.2. The number of allylic oxidation sites excluding steroid dienone is 4. The molecular weight excluding hydrogens is 392 g/mol. The van der Waals surface area contributed by atoms with Gasteiger partial charge in [-0.3, -0.25) is 0 Å². The Hall–Kier alpha value is -0.600. The summed E-state index contributed by atoms with van der Waals surface area (Å²) in [6.45, 7) is 19.3. The lowest BCUT2D eigenvalue weighted by atomic mass is 9.32. The van der Waals surface area contributed by atoms with E-state index >= 15 is 0 Å². The molecule has 2 N–H and O–H groups in total. The Labute approximate surface area is 197 Å². The average Bonchev–Trinajstić information content (AvgIpc) is 3.03. The lowest BCUT2D eigenvalue weighted by Gasteiger charge is -2.72. The summed E-state index contributed by atoms with van der Waals surface area (Å²) in [5.41, 5.74) is 3.68. The second kappa shape index (κ2) is 6.75. The first-order chi connectivity index (χ1) is 14.7. The zero-order valence-corrected chi connectivity index (χ0v) is 22.0. The van der Waals surface area contributed by atoms with Gasteiger partial charge in [0.25, 0.3) is 0 Å². The topological polar surface area (TPSA) is 40.5 Å². The number of hydrogen-bond acceptors (Lipinski definition) is 2. The van der Waals surface area contributed by atoms with E-state index < -0.39 is 0 Å². The van der Waals surface area contributed by atoms with Crippen LogP contribution < -0.4 is 0 Å². The molecule has 0 saturated heterocycles. The average molecular weight is 441 g/mol. The number of aliphatic hydroxyl groups is 2. The van der Waals surface area contributed by atoms with Gasteiger partial charge in [-0.25, -0.2) is 0 Å². The van der Waals surface area contributed by atoms with Gasteiger partial charge in [0.05, 0.1) is 12.2 Å². The molecule has 5 aliphatic rings. The Balaban J connectivity index is 1.62. The predicted octanol–water partition coefficient (Wildman–Crippen LogP) is 6.92. The zero-order chi connectivity index (χ0) is 23.5. The molecule has 5 rings (SSSR count). The van der Waals surface area contributed by atoms with E-state index in [2.05, 4.69) is 67.5 Å². The van der Waals surface area contributed by atoms with Crippen molar-refractivity contribution in [2.45, 2.75) is 113 Å². The molecular formula is C30H48O2. The molecule has 0 unspecified atom stereocenters. The van der Waals surface area contributed by atoms with Crippen molar-refractivity contribution in [1.82, 2.24) is 0 Å². The van der Waals surface area contributed by atoms with Gasteiger partial charge in [0.2, 0.25) is 0 Å². The molecule has 0 radical (unpaired) electrons. The zero-order valence-electron chi connectivity index (χ0n) is 22.0. The number of hydrogen-bond donors (Lipinski definition) is 2. The first kappa shape index (κ1) is 23.2. The largest absolute Gasteiger partial charge is 0.393 e. The summed E-state index contributed by atoms with van der Waals surface area (Å²) in [4.78, 5) is 0. The molecule has 2 nitrogen and oxygen atoms in total. The van der Waals surface area contributed by atoms with Crippen molar-refractivity contribution in [3.8, 4) is 0 Å². The molecule has 0 amide bonds. The van der Waals surface area contributed by atoms with Crippen molar-refractivity contribution in [1.29, 1.82) is 0 Å². The standard InChI is InChI=1S/C30H48O2/c1-18(2)19-11-14-27(5)20(19)12-16-29(7)22(27)9-10-23-28(6)15-13-24(32)26(3,4)25(28)21(31)17-30(23,29)8/h12,16,18,21-25,31-32H,9-11,13-15,17H2,1-8H3/t21-,22-,23+,24-,25-,27-,28+,29+,30+/m0/s1. The van der Waals surface area contributed by atoms with E-state index in [9.17, 15) is 10.2 Å². The van der Waals surface area contributed by atoms with E-state index in [4.69, 9.17) is 0 Å². The van der Waals surface area contributed by atoms with Crippen LogP contribution in [0.5, 0.6) is 0 Å². The Bertz CT molecular complexity index is 866. The Morgan fingerprint density at radius 1 is 0.906 bits per heavy atom. The summed E-state index contributed by atoms with van der Waals surface area (Å²) >= 11 is 0. The van der Waals surface area contributed by atoms with E-state index in [1.807, 2.05) is 0 Å². The van der Waals surface area contributed by atoms with Crippen molar-refractivity contribution >= 4 is 0 Å². The molecule has 0 heterocycles. The maximum atomic E-state index is 11.8. The molecule has 0 aromatic carbocycles. The van der Waals surface area contributed by atoms with Gasteiger partial charge in [-0.1, -0.05) is 73.1 Å². The van der Waals surface area contributed by atoms with Crippen molar-refractivity contribution in [3.05, 3.63) is 23.3 Å². The van der Waals surface area contributed by atoms with Crippen LogP contribution in [0.4, 0.5) is 0 Å². The predicted molar refractivity (Wildman–Crippen MR) is 132 cm³/mol. The van der Waals surface area contributed by atoms with Gasteiger partial charge in [-0.05, 0) is 101 Å². The molecule has 9 atom stereocenters. The van der Waals surface area contributed by atoms with Crippen molar-refractivity contribution in [3.63, 3.8) is 0 Å². The van der Waals surface area contributed by atoms with Crippen molar-refractivity contribution < 1.29 is 10.2 Å². The Kier molecular flexibility index (Phi) is 4.88. The fourth-order valence-electron chi connectivity index (χ4n) is 10.9. The summed E-state index contributed by atoms with van der Waals surface area (Å²) < 4.78 is 0. The van der Waals surface area contributed by atoms with Crippen LogP contribution in [0, 0.1) is 50.7 Å². The van der Waals surface area contributed by atoms with E-state index in [1.54, 1.807) is 11.1 Å². The lowest BCUT2D eigenvalue weighted by Crippen LogP contribution is -2.69. The van der Waals surface area contributed by atoms with Crippen LogP contribution in [0.25, 0.3) is 0 Å². The Morgan fingerprint density at radius 2 is 1.56 bits per heavy atom. The maximum Gasteiger partial charge on any atom is 0.0595 e. The van der Waals surface area contributed by atoms with Crippen LogP contribution in [0.2, 0.25) is 0 Å². The summed E-state index contributed by atoms with van der Waals surface area (Å²) in [6, 6.07) is 0. The molecule has 3 saturated carbocycles. The minimum absolute atomic E-state index is 0.0879. The molecule has 0 aromatic heterocycles. The van der Waals surface area contributed by atoms with Crippen LogP contribution in [-0.2, 0) is 0 Å². The van der Waals surface area contributed by atoms with Gasteiger partial charge >= 0.3 is 0 Å². The fraction of sp³-hybridized carbons (Fsp3) is 0.867. The highest BCUT2D eigenvalue weighted by Crippen LogP contribution is 2.76. The third-order valence-electron chi connectivity index (χ3n) is 12.5. The van der Waals surface area contributed by atoms with Crippen LogP contribution in [-0.4, -0.2) is 22.4 Å². The molecule has 0 bridgehead atoms. The number of rotatable bonds is 1. The van der Waals surface area contributed by atoms with E-state index in [-0.39, 0.29) is 45.2 Å². The van der Waals surface area contributed by atoms with Crippen LogP contribution in [0.1, 0.15) is 100 Å². The highest BCUT2D eigenvalue weighted by Gasteiger charge is 2.70. The van der Waals surface area contributed by atoms with E-state index in [1.165, 1.54) is 25.7 Å².